The van der Waals surface area contributed by atoms with E-state index in [0.29, 0.717) is 17.6 Å². The van der Waals surface area contributed by atoms with Crippen LogP contribution in [0.5, 0.6) is 0 Å². The number of carbonyl (C=O) groups excluding carboxylic acids is 1. The zero-order valence-corrected chi connectivity index (χ0v) is 12.4. The van der Waals surface area contributed by atoms with Crippen molar-refractivity contribution in [2.24, 2.45) is 7.05 Å². The Hall–Kier alpha value is -1.62. The SMILES string of the molecule is Cn1cc(CBr)c(C(=O)NCCc2ccccc2)n1. The third-order valence-electron chi connectivity index (χ3n) is 2.81. The predicted octanol–water partition coefficient (Wildman–Crippen LogP) is 2.29. The third kappa shape index (κ3) is 3.67. The fourth-order valence-electron chi connectivity index (χ4n) is 1.88. The number of halogens is 1. The number of nitrogens with one attached hydrogen (secondary N) is 1. The van der Waals surface area contributed by atoms with Crippen LogP contribution >= 0.6 is 15.9 Å². The molecular formula is C14H16BrN3O. The largest absolute Gasteiger partial charge is 0.350 e. The Morgan fingerprint density at radius 2 is 2.11 bits per heavy atom. The minimum atomic E-state index is -0.119. The van der Waals surface area contributed by atoms with Crippen molar-refractivity contribution in [3.63, 3.8) is 0 Å². The number of aryl methyl sites for hydroxylation is 1. The second-order valence-electron chi connectivity index (χ2n) is 4.30. The maximum atomic E-state index is 12.0. The van der Waals surface area contributed by atoms with E-state index in [9.17, 15) is 4.79 Å². The second-order valence-corrected chi connectivity index (χ2v) is 4.86. The van der Waals surface area contributed by atoms with Gasteiger partial charge in [-0.15, -0.1) is 0 Å². The Kier molecular flexibility index (Phi) is 4.74. The van der Waals surface area contributed by atoms with E-state index in [4.69, 9.17) is 0 Å². The minimum Gasteiger partial charge on any atom is -0.350 e. The van der Waals surface area contributed by atoms with Crippen LogP contribution in [-0.4, -0.2) is 22.2 Å². The molecule has 4 nitrogen and oxygen atoms in total. The molecule has 0 aliphatic rings. The third-order valence-corrected chi connectivity index (χ3v) is 3.41. The molecule has 5 heteroatoms. The first-order chi connectivity index (χ1) is 9.20. The van der Waals surface area contributed by atoms with E-state index in [0.717, 1.165) is 12.0 Å². The van der Waals surface area contributed by atoms with Gasteiger partial charge in [0.05, 0.1) is 0 Å². The fourth-order valence-corrected chi connectivity index (χ4v) is 2.29. The van der Waals surface area contributed by atoms with Gasteiger partial charge in [0.15, 0.2) is 5.69 Å². The molecule has 2 aromatic rings. The lowest BCUT2D eigenvalue weighted by Gasteiger charge is -2.04. The molecule has 1 N–H and O–H groups in total. The van der Waals surface area contributed by atoms with Crippen molar-refractivity contribution in [3.05, 3.63) is 53.3 Å². The van der Waals surface area contributed by atoms with Gasteiger partial charge in [0.25, 0.3) is 5.91 Å². The summed E-state index contributed by atoms with van der Waals surface area (Å²) in [6.45, 7) is 0.612. The van der Waals surface area contributed by atoms with Gasteiger partial charge in [0.2, 0.25) is 0 Å². The van der Waals surface area contributed by atoms with Gasteiger partial charge in [-0.25, -0.2) is 0 Å². The average molecular weight is 322 g/mol. The first-order valence-corrected chi connectivity index (χ1v) is 7.23. The van der Waals surface area contributed by atoms with E-state index < -0.39 is 0 Å². The van der Waals surface area contributed by atoms with Gasteiger partial charge in [-0.2, -0.15) is 5.10 Å². The summed E-state index contributed by atoms with van der Waals surface area (Å²) in [6.07, 6.45) is 2.67. The highest BCUT2D eigenvalue weighted by Crippen LogP contribution is 2.10. The fraction of sp³-hybridized carbons (Fsp3) is 0.286. The molecule has 100 valence electrons. The van der Waals surface area contributed by atoms with Crippen molar-refractivity contribution in [1.82, 2.24) is 15.1 Å². The van der Waals surface area contributed by atoms with Crippen molar-refractivity contribution in [2.75, 3.05) is 6.54 Å². The van der Waals surface area contributed by atoms with E-state index >= 15 is 0 Å². The minimum absolute atomic E-state index is 0.119. The van der Waals surface area contributed by atoms with E-state index in [2.05, 4.69) is 38.5 Å². The highest BCUT2D eigenvalue weighted by atomic mass is 79.9. The molecule has 0 saturated carbocycles. The van der Waals surface area contributed by atoms with Crippen LogP contribution in [0.3, 0.4) is 0 Å². The number of nitrogens with zero attached hydrogens (tertiary/aromatic N) is 2. The van der Waals surface area contributed by atoms with E-state index in [1.165, 1.54) is 5.56 Å². The summed E-state index contributed by atoms with van der Waals surface area (Å²) in [7, 11) is 1.81. The Labute approximate surface area is 120 Å². The molecule has 1 heterocycles. The zero-order chi connectivity index (χ0) is 13.7. The van der Waals surface area contributed by atoms with Gasteiger partial charge in [0.1, 0.15) is 0 Å². The molecule has 0 aliphatic carbocycles. The Bertz CT molecular complexity index is 551. The summed E-state index contributed by atoms with van der Waals surface area (Å²) in [5.41, 5.74) is 2.61. The van der Waals surface area contributed by atoms with Gasteiger partial charge in [-0.3, -0.25) is 9.48 Å². The topological polar surface area (TPSA) is 46.9 Å². The molecule has 2 rings (SSSR count). The average Bonchev–Trinajstić information content (AvgIpc) is 2.81. The van der Waals surface area contributed by atoms with Gasteiger partial charge in [-0.05, 0) is 12.0 Å². The van der Waals surface area contributed by atoms with Crippen molar-refractivity contribution >= 4 is 21.8 Å². The van der Waals surface area contributed by atoms with Crippen LogP contribution in [0.15, 0.2) is 36.5 Å². The number of rotatable bonds is 5. The number of amides is 1. The van der Waals surface area contributed by atoms with Crippen LogP contribution < -0.4 is 5.32 Å². The predicted molar refractivity (Wildman–Crippen MR) is 78.3 cm³/mol. The van der Waals surface area contributed by atoms with E-state index in [1.54, 1.807) is 4.68 Å². The van der Waals surface area contributed by atoms with Crippen LogP contribution in [0.1, 0.15) is 21.6 Å². The first kappa shape index (κ1) is 13.8. The summed E-state index contributed by atoms with van der Waals surface area (Å²) in [6, 6.07) is 10.1. The maximum absolute atomic E-state index is 12.0. The molecule has 0 aliphatic heterocycles. The summed E-state index contributed by atoms with van der Waals surface area (Å²) < 4.78 is 1.66. The number of hydrogen-bond acceptors (Lipinski definition) is 2. The molecule has 0 fully saturated rings. The lowest BCUT2D eigenvalue weighted by atomic mass is 10.1. The molecular weight excluding hydrogens is 306 g/mol. The Balaban J connectivity index is 1.91. The Morgan fingerprint density at radius 3 is 2.79 bits per heavy atom. The quantitative estimate of drug-likeness (QED) is 0.859. The number of carbonyl (C=O) groups is 1. The molecule has 1 aromatic carbocycles. The number of aromatic nitrogens is 2. The van der Waals surface area contributed by atoms with Gasteiger partial charge in [-0.1, -0.05) is 46.3 Å². The summed E-state index contributed by atoms with van der Waals surface area (Å²) in [4.78, 5) is 12.0. The molecule has 0 radical (unpaired) electrons. The molecule has 0 spiro atoms. The molecule has 0 bridgehead atoms. The maximum Gasteiger partial charge on any atom is 0.272 e. The highest BCUT2D eigenvalue weighted by molar-refractivity contribution is 9.08. The van der Waals surface area contributed by atoms with Crippen molar-refractivity contribution in [1.29, 1.82) is 0 Å². The van der Waals surface area contributed by atoms with Crippen molar-refractivity contribution in [2.45, 2.75) is 11.8 Å². The van der Waals surface area contributed by atoms with E-state index in [1.807, 2.05) is 31.4 Å². The molecule has 0 unspecified atom stereocenters. The van der Waals surface area contributed by atoms with Gasteiger partial charge < -0.3 is 5.32 Å². The van der Waals surface area contributed by atoms with Crippen molar-refractivity contribution < 1.29 is 4.79 Å². The van der Waals surface area contributed by atoms with Gasteiger partial charge in [0, 0.05) is 30.7 Å². The van der Waals surface area contributed by atoms with Crippen LogP contribution in [-0.2, 0) is 18.8 Å². The van der Waals surface area contributed by atoms with Gasteiger partial charge >= 0.3 is 0 Å². The Morgan fingerprint density at radius 1 is 1.37 bits per heavy atom. The highest BCUT2D eigenvalue weighted by Gasteiger charge is 2.14. The van der Waals surface area contributed by atoms with Crippen LogP contribution in [0.2, 0.25) is 0 Å². The summed E-state index contributed by atoms with van der Waals surface area (Å²) >= 11 is 3.36. The lowest BCUT2D eigenvalue weighted by molar-refractivity contribution is 0.0948. The van der Waals surface area contributed by atoms with Crippen LogP contribution in [0, 0.1) is 0 Å². The van der Waals surface area contributed by atoms with Crippen LogP contribution in [0.25, 0.3) is 0 Å². The molecule has 0 atom stereocenters. The molecule has 0 saturated heterocycles. The number of hydrogen-bond donors (Lipinski definition) is 1. The van der Waals surface area contributed by atoms with Crippen molar-refractivity contribution in [3.8, 4) is 0 Å². The standard InChI is InChI=1S/C14H16BrN3O/c1-18-10-12(9-15)13(17-18)14(19)16-8-7-11-5-3-2-4-6-11/h2-6,10H,7-9H2,1H3,(H,16,19). The summed E-state index contributed by atoms with van der Waals surface area (Å²) in [5, 5.41) is 7.71. The van der Waals surface area contributed by atoms with E-state index in [-0.39, 0.29) is 5.91 Å². The monoisotopic (exact) mass is 321 g/mol. The lowest BCUT2D eigenvalue weighted by Crippen LogP contribution is -2.27. The summed E-state index contributed by atoms with van der Waals surface area (Å²) in [5.74, 6) is -0.119. The normalized spacial score (nSPS) is 10.4. The smallest absolute Gasteiger partial charge is 0.272 e. The van der Waals surface area contributed by atoms with Crippen LogP contribution in [0.4, 0.5) is 0 Å². The zero-order valence-electron chi connectivity index (χ0n) is 10.8. The molecule has 19 heavy (non-hydrogen) atoms. The first-order valence-electron chi connectivity index (χ1n) is 6.11. The number of alkyl halides is 1. The number of benzene rings is 1. The molecule has 1 aromatic heterocycles. The second kappa shape index (κ2) is 6.52. The molecule has 1 amide bonds.